The number of pyridine rings is 1. The van der Waals surface area contributed by atoms with Gasteiger partial charge in [-0.05, 0) is 31.5 Å². The monoisotopic (exact) mass is 268 g/mol. The third-order valence-corrected chi connectivity index (χ3v) is 3.26. The molecule has 0 aliphatic heterocycles. The summed E-state index contributed by atoms with van der Waals surface area (Å²) < 4.78 is 0. The van der Waals surface area contributed by atoms with Gasteiger partial charge in [0.2, 0.25) is 0 Å². The third-order valence-electron chi connectivity index (χ3n) is 2.64. The number of hydrogen-bond donors (Lipinski definition) is 1. The Morgan fingerprint density at radius 3 is 2.53 bits per heavy atom. The summed E-state index contributed by atoms with van der Waals surface area (Å²) in [5, 5.41) is 5.53. The van der Waals surface area contributed by atoms with E-state index in [4.69, 9.17) is 23.2 Å². The smallest absolute Gasteiger partial charge is 0.0927 e. The van der Waals surface area contributed by atoms with Crippen LogP contribution in [0.5, 0.6) is 0 Å². The molecule has 17 heavy (non-hydrogen) atoms. The number of nitrogens with one attached hydrogen (secondary N) is 1. The lowest BCUT2D eigenvalue weighted by Gasteiger charge is -2.12. The van der Waals surface area contributed by atoms with Gasteiger partial charge in [0.25, 0.3) is 0 Å². The van der Waals surface area contributed by atoms with Crippen molar-refractivity contribution >= 4 is 39.8 Å². The Balaban J connectivity index is 2.80. The molecule has 0 saturated heterocycles. The van der Waals surface area contributed by atoms with Crippen LogP contribution in [0.3, 0.4) is 0 Å². The number of hydrogen-bond acceptors (Lipinski definition) is 2. The number of nitrogens with zero attached hydrogens (tertiary/aromatic N) is 1. The van der Waals surface area contributed by atoms with Crippen molar-refractivity contribution < 1.29 is 0 Å². The Labute approximate surface area is 111 Å². The number of halogens is 2. The second-order valence-corrected chi connectivity index (χ2v) is 4.61. The molecule has 0 spiro atoms. The van der Waals surface area contributed by atoms with Gasteiger partial charge in [-0.3, -0.25) is 4.98 Å². The molecule has 1 aromatic heterocycles. The number of fused-ring (bicyclic) bond motifs is 1. The van der Waals surface area contributed by atoms with Gasteiger partial charge in [-0.25, -0.2) is 0 Å². The Morgan fingerprint density at radius 2 is 1.88 bits per heavy atom. The van der Waals surface area contributed by atoms with Gasteiger partial charge in [0.15, 0.2) is 0 Å². The van der Waals surface area contributed by atoms with Gasteiger partial charge < -0.3 is 5.32 Å². The third kappa shape index (κ3) is 2.33. The molecule has 2 aromatic rings. The molecule has 0 bridgehead atoms. The molecule has 0 unspecified atom stereocenters. The molecule has 4 heteroatoms. The van der Waals surface area contributed by atoms with Crippen molar-refractivity contribution in [3.8, 4) is 0 Å². The molecule has 0 radical (unpaired) electrons. The van der Waals surface area contributed by atoms with Crippen molar-refractivity contribution in [2.75, 3.05) is 11.9 Å². The highest BCUT2D eigenvalue weighted by atomic mass is 35.5. The standard InChI is InChI=1S/C13H14Cl2N2/c1-3-8-7-11(16-4-2)12-9(14)5-6-10(15)13(12)17-8/h5-7H,3-4H2,1-2H3,(H,16,17). The number of benzene rings is 1. The lowest BCUT2D eigenvalue weighted by Crippen LogP contribution is -2.01. The summed E-state index contributed by atoms with van der Waals surface area (Å²) >= 11 is 12.4. The van der Waals surface area contributed by atoms with Crippen molar-refractivity contribution in [3.05, 3.63) is 33.9 Å². The molecule has 1 N–H and O–H groups in total. The first-order valence-electron chi connectivity index (χ1n) is 5.68. The summed E-state index contributed by atoms with van der Waals surface area (Å²) in [6.45, 7) is 4.96. The lowest BCUT2D eigenvalue weighted by molar-refractivity contribution is 1.05. The second kappa shape index (κ2) is 5.11. The second-order valence-electron chi connectivity index (χ2n) is 3.80. The number of aromatic nitrogens is 1. The van der Waals surface area contributed by atoms with Crippen LogP contribution in [0, 0.1) is 0 Å². The molecule has 2 nitrogen and oxygen atoms in total. The van der Waals surface area contributed by atoms with Gasteiger partial charge >= 0.3 is 0 Å². The summed E-state index contributed by atoms with van der Waals surface area (Å²) in [6, 6.07) is 5.63. The minimum atomic E-state index is 0.638. The first kappa shape index (κ1) is 12.5. The van der Waals surface area contributed by atoms with E-state index < -0.39 is 0 Å². The molecule has 0 atom stereocenters. The molecule has 0 aliphatic rings. The minimum absolute atomic E-state index is 0.638. The van der Waals surface area contributed by atoms with Crippen molar-refractivity contribution in [1.82, 2.24) is 4.98 Å². The van der Waals surface area contributed by atoms with E-state index >= 15 is 0 Å². The quantitative estimate of drug-likeness (QED) is 0.885. The molecule has 90 valence electrons. The Hall–Kier alpha value is -0.990. The zero-order chi connectivity index (χ0) is 12.4. The highest BCUT2D eigenvalue weighted by Gasteiger charge is 2.11. The van der Waals surface area contributed by atoms with E-state index in [-0.39, 0.29) is 0 Å². The predicted octanol–water partition coefficient (Wildman–Crippen LogP) is 4.54. The van der Waals surface area contributed by atoms with Crippen LogP contribution in [0.25, 0.3) is 10.9 Å². The van der Waals surface area contributed by atoms with Crippen molar-refractivity contribution in [3.63, 3.8) is 0 Å². The van der Waals surface area contributed by atoms with Crippen LogP contribution in [0.15, 0.2) is 18.2 Å². The summed E-state index contributed by atoms with van der Waals surface area (Å²) in [4.78, 5) is 4.54. The highest BCUT2D eigenvalue weighted by Crippen LogP contribution is 2.34. The summed E-state index contributed by atoms with van der Waals surface area (Å²) in [5.41, 5.74) is 2.79. The van der Waals surface area contributed by atoms with Crippen molar-refractivity contribution in [1.29, 1.82) is 0 Å². The van der Waals surface area contributed by atoms with E-state index in [1.54, 1.807) is 12.1 Å². The van der Waals surface area contributed by atoms with E-state index in [1.165, 1.54) is 0 Å². The summed E-state index contributed by atoms with van der Waals surface area (Å²) in [7, 11) is 0. The molecule has 0 amide bonds. The maximum Gasteiger partial charge on any atom is 0.0927 e. The Bertz CT molecular complexity index is 553. The first-order valence-corrected chi connectivity index (χ1v) is 6.44. The van der Waals surface area contributed by atoms with Gasteiger partial charge in [-0.2, -0.15) is 0 Å². The van der Waals surface area contributed by atoms with Crippen LogP contribution in [0.2, 0.25) is 10.0 Å². The number of anilines is 1. The first-order chi connectivity index (χ1) is 8.17. The molecule has 0 fully saturated rings. The van der Waals surface area contributed by atoms with Gasteiger partial charge in [-0.1, -0.05) is 30.1 Å². The van der Waals surface area contributed by atoms with Crippen LogP contribution in [-0.2, 0) is 6.42 Å². The van der Waals surface area contributed by atoms with Crippen molar-refractivity contribution in [2.24, 2.45) is 0 Å². The molecule has 0 saturated carbocycles. The van der Waals surface area contributed by atoms with Crippen LogP contribution in [0.4, 0.5) is 5.69 Å². The van der Waals surface area contributed by atoms with Gasteiger partial charge in [0.1, 0.15) is 0 Å². The highest BCUT2D eigenvalue weighted by molar-refractivity contribution is 6.40. The fourth-order valence-electron chi connectivity index (χ4n) is 1.83. The molecular formula is C13H14Cl2N2. The minimum Gasteiger partial charge on any atom is -0.385 e. The Morgan fingerprint density at radius 1 is 1.18 bits per heavy atom. The van der Waals surface area contributed by atoms with Crippen molar-refractivity contribution in [2.45, 2.75) is 20.3 Å². The fraction of sp³-hybridized carbons (Fsp3) is 0.308. The van der Waals surface area contributed by atoms with Crippen LogP contribution < -0.4 is 5.32 Å². The summed E-state index contributed by atoms with van der Waals surface area (Å²) in [5.74, 6) is 0. The van der Waals surface area contributed by atoms with Gasteiger partial charge in [0, 0.05) is 23.3 Å². The molecular weight excluding hydrogens is 255 g/mol. The van der Waals surface area contributed by atoms with Crippen LogP contribution in [0.1, 0.15) is 19.5 Å². The van der Waals surface area contributed by atoms with E-state index in [0.29, 0.717) is 10.0 Å². The zero-order valence-electron chi connectivity index (χ0n) is 9.85. The number of aryl methyl sites for hydroxylation is 1. The fourth-order valence-corrected chi connectivity index (χ4v) is 2.29. The van der Waals surface area contributed by atoms with E-state index in [9.17, 15) is 0 Å². The average Bonchev–Trinajstić information content (AvgIpc) is 2.34. The van der Waals surface area contributed by atoms with E-state index in [1.807, 2.05) is 6.07 Å². The lowest BCUT2D eigenvalue weighted by atomic mass is 10.1. The van der Waals surface area contributed by atoms with Gasteiger partial charge in [-0.15, -0.1) is 0 Å². The van der Waals surface area contributed by atoms with Crippen LogP contribution in [-0.4, -0.2) is 11.5 Å². The largest absolute Gasteiger partial charge is 0.385 e. The topological polar surface area (TPSA) is 24.9 Å². The van der Waals surface area contributed by atoms with Crippen LogP contribution >= 0.6 is 23.2 Å². The van der Waals surface area contributed by atoms with E-state index in [0.717, 1.165) is 35.2 Å². The maximum absolute atomic E-state index is 6.23. The number of rotatable bonds is 3. The molecule has 1 heterocycles. The maximum atomic E-state index is 6.23. The van der Waals surface area contributed by atoms with Gasteiger partial charge in [0.05, 0.1) is 15.6 Å². The predicted molar refractivity (Wildman–Crippen MR) is 75.3 cm³/mol. The summed E-state index contributed by atoms with van der Waals surface area (Å²) in [6.07, 6.45) is 0.872. The SMILES string of the molecule is CCNc1cc(CC)nc2c(Cl)ccc(Cl)c12. The normalized spacial score (nSPS) is 10.8. The molecule has 0 aliphatic carbocycles. The molecule has 2 rings (SSSR count). The zero-order valence-corrected chi connectivity index (χ0v) is 11.4. The molecule has 1 aromatic carbocycles. The Kier molecular flexibility index (Phi) is 3.75. The average molecular weight is 269 g/mol. The van der Waals surface area contributed by atoms with E-state index in [2.05, 4.69) is 24.1 Å².